The van der Waals surface area contributed by atoms with Crippen molar-refractivity contribution in [1.29, 1.82) is 0 Å². The lowest BCUT2D eigenvalue weighted by Crippen LogP contribution is -2.24. The van der Waals surface area contributed by atoms with Crippen LogP contribution in [0.5, 0.6) is 5.75 Å². The minimum atomic E-state index is 0.690. The maximum atomic E-state index is 5.58. The molecule has 3 nitrogen and oxygen atoms in total. The number of hydrogen-bond acceptors (Lipinski definition) is 3. The van der Waals surface area contributed by atoms with E-state index in [1.165, 1.54) is 5.56 Å². The van der Waals surface area contributed by atoms with Crippen molar-refractivity contribution in [2.75, 3.05) is 33.4 Å². The molecule has 0 unspecified atom stereocenters. The van der Waals surface area contributed by atoms with Crippen LogP contribution in [0.2, 0.25) is 0 Å². The third-order valence-electron chi connectivity index (χ3n) is 2.36. The van der Waals surface area contributed by atoms with Crippen molar-refractivity contribution in [2.24, 2.45) is 0 Å². The van der Waals surface area contributed by atoms with Crippen molar-refractivity contribution in [3.05, 3.63) is 29.8 Å². The molecule has 0 heterocycles. The number of hydrogen-bond donors (Lipinski definition) is 1. The zero-order chi connectivity index (χ0) is 11.6. The number of aryl methyl sites for hydroxylation is 1. The average Bonchev–Trinajstić information content (AvgIpc) is 2.34. The van der Waals surface area contributed by atoms with E-state index < -0.39 is 0 Å². The summed E-state index contributed by atoms with van der Waals surface area (Å²) < 4.78 is 10.5. The third-order valence-corrected chi connectivity index (χ3v) is 2.36. The molecule has 0 radical (unpaired) electrons. The fourth-order valence-corrected chi connectivity index (χ4v) is 1.36. The zero-order valence-corrected chi connectivity index (χ0v) is 10.2. The molecule has 0 fully saturated rings. The van der Waals surface area contributed by atoms with Gasteiger partial charge in [0.1, 0.15) is 12.4 Å². The van der Waals surface area contributed by atoms with E-state index in [2.05, 4.69) is 24.4 Å². The summed E-state index contributed by atoms with van der Waals surface area (Å²) in [6, 6.07) is 8.25. The quantitative estimate of drug-likeness (QED) is 0.682. The fraction of sp³-hybridized carbons (Fsp3) is 0.538. The fourth-order valence-electron chi connectivity index (χ4n) is 1.36. The van der Waals surface area contributed by atoms with Crippen molar-refractivity contribution in [2.45, 2.75) is 13.3 Å². The first-order chi connectivity index (χ1) is 7.86. The van der Waals surface area contributed by atoms with E-state index in [1.54, 1.807) is 7.11 Å². The van der Waals surface area contributed by atoms with E-state index in [9.17, 15) is 0 Å². The van der Waals surface area contributed by atoms with Gasteiger partial charge < -0.3 is 14.8 Å². The molecule has 0 amide bonds. The summed E-state index contributed by atoms with van der Waals surface area (Å²) in [6.07, 6.45) is 1.07. The first-order valence-corrected chi connectivity index (χ1v) is 5.78. The molecule has 0 spiro atoms. The monoisotopic (exact) mass is 223 g/mol. The molecule has 1 aromatic carbocycles. The second kappa shape index (κ2) is 8.13. The highest BCUT2D eigenvalue weighted by molar-refractivity contribution is 5.27. The molecule has 0 aliphatic rings. The Balaban J connectivity index is 2.12. The van der Waals surface area contributed by atoms with Gasteiger partial charge in [0.05, 0.1) is 6.61 Å². The summed E-state index contributed by atoms with van der Waals surface area (Å²) in [7, 11) is 1.70. The van der Waals surface area contributed by atoms with Crippen LogP contribution in [0.4, 0.5) is 0 Å². The molecule has 0 aromatic heterocycles. The lowest BCUT2D eigenvalue weighted by molar-refractivity contribution is 0.197. The largest absolute Gasteiger partial charge is 0.492 e. The van der Waals surface area contributed by atoms with Crippen molar-refractivity contribution in [3.63, 3.8) is 0 Å². The minimum Gasteiger partial charge on any atom is -0.492 e. The van der Waals surface area contributed by atoms with E-state index in [0.29, 0.717) is 6.61 Å². The van der Waals surface area contributed by atoms with Crippen LogP contribution in [0.1, 0.15) is 12.5 Å². The first kappa shape index (κ1) is 13.0. The highest BCUT2D eigenvalue weighted by Crippen LogP contribution is 2.11. The van der Waals surface area contributed by atoms with Gasteiger partial charge in [0.15, 0.2) is 0 Å². The Kier molecular flexibility index (Phi) is 6.61. The van der Waals surface area contributed by atoms with E-state index in [0.717, 1.165) is 31.9 Å². The van der Waals surface area contributed by atoms with Crippen molar-refractivity contribution >= 4 is 0 Å². The van der Waals surface area contributed by atoms with Crippen LogP contribution < -0.4 is 10.1 Å². The van der Waals surface area contributed by atoms with Crippen molar-refractivity contribution in [1.82, 2.24) is 5.32 Å². The summed E-state index contributed by atoms with van der Waals surface area (Å²) in [4.78, 5) is 0. The third kappa shape index (κ3) is 5.14. The van der Waals surface area contributed by atoms with Crippen LogP contribution in [0.25, 0.3) is 0 Å². The van der Waals surface area contributed by atoms with Gasteiger partial charge >= 0.3 is 0 Å². The smallest absolute Gasteiger partial charge is 0.119 e. The average molecular weight is 223 g/mol. The molecular formula is C13H21NO2. The number of methoxy groups -OCH3 is 1. The maximum absolute atomic E-state index is 5.58. The van der Waals surface area contributed by atoms with Crippen LogP contribution in [0.3, 0.4) is 0 Å². The zero-order valence-electron chi connectivity index (χ0n) is 10.2. The number of ether oxygens (including phenoxy) is 2. The second-order valence-electron chi connectivity index (χ2n) is 3.59. The topological polar surface area (TPSA) is 30.5 Å². The summed E-state index contributed by atoms with van der Waals surface area (Å²) in [6.45, 7) is 5.30. The summed E-state index contributed by atoms with van der Waals surface area (Å²) in [5.74, 6) is 0.936. The molecule has 0 atom stereocenters. The van der Waals surface area contributed by atoms with Crippen molar-refractivity contribution in [3.8, 4) is 5.75 Å². The maximum Gasteiger partial charge on any atom is 0.119 e. The Hall–Kier alpha value is -1.06. The molecule has 1 aromatic rings. The minimum absolute atomic E-state index is 0.690. The molecular weight excluding hydrogens is 202 g/mol. The van der Waals surface area contributed by atoms with Gasteiger partial charge in [0, 0.05) is 20.2 Å². The molecule has 90 valence electrons. The Morgan fingerprint density at radius 2 is 1.75 bits per heavy atom. The lowest BCUT2D eigenvalue weighted by atomic mass is 10.2. The molecule has 0 bridgehead atoms. The van der Waals surface area contributed by atoms with Gasteiger partial charge in [-0.25, -0.2) is 0 Å². The Labute approximate surface area is 97.8 Å². The molecule has 0 saturated carbocycles. The molecule has 1 N–H and O–H groups in total. The predicted molar refractivity (Wildman–Crippen MR) is 66.1 cm³/mol. The Morgan fingerprint density at radius 1 is 1.06 bits per heavy atom. The van der Waals surface area contributed by atoms with Gasteiger partial charge in [-0.05, 0) is 24.1 Å². The summed E-state index contributed by atoms with van der Waals surface area (Å²) in [5.41, 5.74) is 1.34. The van der Waals surface area contributed by atoms with Gasteiger partial charge in [-0.1, -0.05) is 19.1 Å². The van der Waals surface area contributed by atoms with Crippen LogP contribution >= 0.6 is 0 Å². The van der Waals surface area contributed by atoms with Crippen LogP contribution in [-0.4, -0.2) is 33.4 Å². The Bertz CT molecular complexity index is 272. The van der Waals surface area contributed by atoms with E-state index in [4.69, 9.17) is 9.47 Å². The molecule has 1 rings (SSSR count). The molecule has 0 aliphatic heterocycles. The summed E-state index contributed by atoms with van der Waals surface area (Å²) in [5, 5.41) is 3.23. The molecule has 0 saturated heterocycles. The van der Waals surface area contributed by atoms with E-state index >= 15 is 0 Å². The second-order valence-corrected chi connectivity index (χ2v) is 3.59. The highest BCUT2D eigenvalue weighted by atomic mass is 16.5. The standard InChI is InChI=1S/C13H21NO2/c1-3-12-4-6-13(7-5-12)16-11-9-14-8-10-15-2/h4-7,14H,3,8-11H2,1-2H3. The van der Waals surface area contributed by atoms with Crippen LogP contribution in [-0.2, 0) is 11.2 Å². The van der Waals surface area contributed by atoms with E-state index in [-0.39, 0.29) is 0 Å². The van der Waals surface area contributed by atoms with Crippen LogP contribution in [0.15, 0.2) is 24.3 Å². The number of nitrogens with one attached hydrogen (secondary N) is 1. The highest BCUT2D eigenvalue weighted by Gasteiger charge is 1.93. The van der Waals surface area contributed by atoms with Gasteiger partial charge in [-0.15, -0.1) is 0 Å². The van der Waals surface area contributed by atoms with Crippen LogP contribution in [0, 0.1) is 0 Å². The first-order valence-electron chi connectivity index (χ1n) is 5.78. The normalized spacial score (nSPS) is 10.4. The van der Waals surface area contributed by atoms with Crippen molar-refractivity contribution < 1.29 is 9.47 Å². The van der Waals surface area contributed by atoms with Gasteiger partial charge in [-0.3, -0.25) is 0 Å². The van der Waals surface area contributed by atoms with Gasteiger partial charge in [0.25, 0.3) is 0 Å². The molecule has 16 heavy (non-hydrogen) atoms. The molecule has 0 aliphatic carbocycles. The number of rotatable bonds is 8. The van der Waals surface area contributed by atoms with Gasteiger partial charge in [0.2, 0.25) is 0 Å². The predicted octanol–water partition coefficient (Wildman–Crippen LogP) is 1.86. The number of benzene rings is 1. The van der Waals surface area contributed by atoms with Gasteiger partial charge in [-0.2, -0.15) is 0 Å². The lowest BCUT2D eigenvalue weighted by Gasteiger charge is -2.07. The van der Waals surface area contributed by atoms with E-state index in [1.807, 2.05) is 12.1 Å². The Morgan fingerprint density at radius 3 is 2.38 bits per heavy atom. The summed E-state index contributed by atoms with van der Waals surface area (Å²) >= 11 is 0. The SMILES string of the molecule is CCc1ccc(OCCNCCOC)cc1. The molecule has 3 heteroatoms.